The number of benzene rings is 1. The first-order valence-electron chi connectivity index (χ1n) is 6.13. The van der Waals surface area contributed by atoms with Crippen molar-refractivity contribution >= 4 is 23.2 Å². The lowest BCUT2D eigenvalue weighted by atomic mass is 10.0. The molecular weight excluding hydrogens is 283 g/mol. The molecule has 0 saturated carbocycles. The van der Waals surface area contributed by atoms with Gasteiger partial charge in [0, 0.05) is 25.7 Å². The van der Waals surface area contributed by atoms with Crippen molar-refractivity contribution in [3.05, 3.63) is 45.7 Å². The van der Waals surface area contributed by atoms with Gasteiger partial charge in [-0.3, -0.25) is 4.68 Å². The molecule has 0 aliphatic heterocycles. The topological polar surface area (TPSA) is 42.7 Å². The van der Waals surface area contributed by atoms with Crippen molar-refractivity contribution in [1.82, 2.24) is 20.3 Å². The first-order valence-corrected chi connectivity index (χ1v) is 6.89. The van der Waals surface area contributed by atoms with Gasteiger partial charge in [0.1, 0.15) is 0 Å². The Morgan fingerprint density at radius 3 is 2.68 bits per heavy atom. The van der Waals surface area contributed by atoms with Crippen LogP contribution in [0.1, 0.15) is 24.2 Å². The summed E-state index contributed by atoms with van der Waals surface area (Å²) in [5.74, 6) is 0. The fourth-order valence-corrected chi connectivity index (χ4v) is 2.29. The lowest BCUT2D eigenvalue weighted by Crippen LogP contribution is -2.23. The standard InChI is InChI=1S/C13H16Cl2N4/c1-3-16-13(7-10-8-19(2)18-17-10)9-4-5-11(14)12(15)6-9/h4-6,8,13,16H,3,7H2,1-2H3. The van der Waals surface area contributed by atoms with Crippen LogP contribution < -0.4 is 5.32 Å². The van der Waals surface area contributed by atoms with Gasteiger partial charge < -0.3 is 5.32 Å². The Labute approximate surface area is 122 Å². The van der Waals surface area contributed by atoms with Crippen LogP contribution >= 0.6 is 23.2 Å². The molecule has 0 radical (unpaired) electrons. The highest BCUT2D eigenvalue weighted by atomic mass is 35.5. The minimum Gasteiger partial charge on any atom is -0.310 e. The Hall–Kier alpha value is -1.10. The van der Waals surface area contributed by atoms with E-state index in [1.807, 2.05) is 31.4 Å². The molecule has 0 spiro atoms. The van der Waals surface area contributed by atoms with Crippen LogP contribution in [0.5, 0.6) is 0 Å². The molecule has 0 saturated heterocycles. The molecule has 0 bridgehead atoms. The van der Waals surface area contributed by atoms with E-state index in [0.29, 0.717) is 10.0 Å². The molecule has 6 heteroatoms. The summed E-state index contributed by atoms with van der Waals surface area (Å²) in [4.78, 5) is 0. The minimum atomic E-state index is 0.150. The number of rotatable bonds is 5. The van der Waals surface area contributed by atoms with Gasteiger partial charge in [-0.1, -0.05) is 41.4 Å². The second-order valence-electron chi connectivity index (χ2n) is 4.37. The number of aromatic nitrogens is 3. The number of likely N-dealkylation sites (N-methyl/N-ethyl adjacent to an activating group) is 1. The molecule has 1 N–H and O–H groups in total. The molecule has 1 atom stereocenters. The Bertz CT molecular complexity index is 553. The van der Waals surface area contributed by atoms with Crippen molar-refractivity contribution in [2.45, 2.75) is 19.4 Å². The second kappa shape index (κ2) is 6.37. The molecule has 2 aromatic rings. The Morgan fingerprint density at radius 1 is 1.32 bits per heavy atom. The SMILES string of the molecule is CCNC(Cc1cn(C)nn1)c1ccc(Cl)c(Cl)c1. The van der Waals surface area contributed by atoms with Gasteiger partial charge in [-0.25, -0.2) is 0 Å². The van der Waals surface area contributed by atoms with Gasteiger partial charge in [-0.15, -0.1) is 5.10 Å². The third-order valence-corrected chi connectivity index (χ3v) is 3.60. The van der Waals surface area contributed by atoms with Crippen LogP contribution in [0, 0.1) is 0 Å². The molecule has 19 heavy (non-hydrogen) atoms. The number of nitrogens with zero attached hydrogens (tertiary/aromatic N) is 3. The maximum atomic E-state index is 6.07. The molecule has 4 nitrogen and oxygen atoms in total. The van der Waals surface area contributed by atoms with Crippen LogP contribution in [0.4, 0.5) is 0 Å². The van der Waals surface area contributed by atoms with Crippen molar-refractivity contribution in [3.63, 3.8) is 0 Å². The van der Waals surface area contributed by atoms with Gasteiger partial charge in [0.25, 0.3) is 0 Å². The molecule has 1 aromatic carbocycles. The van der Waals surface area contributed by atoms with Crippen LogP contribution in [0.15, 0.2) is 24.4 Å². The predicted molar refractivity (Wildman–Crippen MR) is 77.6 cm³/mol. The molecule has 2 rings (SSSR count). The number of nitrogens with one attached hydrogen (secondary N) is 1. The van der Waals surface area contributed by atoms with Crippen molar-refractivity contribution < 1.29 is 0 Å². The normalized spacial score (nSPS) is 12.6. The van der Waals surface area contributed by atoms with E-state index >= 15 is 0 Å². The van der Waals surface area contributed by atoms with Gasteiger partial charge in [0.2, 0.25) is 0 Å². The first-order chi connectivity index (χ1) is 9.10. The van der Waals surface area contributed by atoms with Gasteiger partial charge >= 0.3 is 0 Å². The van der Waals surface area contributed by atoms with Crippen molar-refractivity contribution in [3.8, 4) is 0 Å². The summed E-state index contributed by atoms with van der Waals surface area (Å²) in [6.07, 6.45) is 2.68. The van der Waals surface area contributed by atoms with Crippen LogP contribution in [0.3, 0.4) is 0 Å². The third-order valence-electron chi connectivity index (χ3n) is 2.86. The molecule has 0 fully saturated rings. The average Bonchev–Trinajstić information content (AvgIpc) is 2.78. The van der Waals surface area contributed by atoms with Gasteiger partial charge in [0.05, 0.1) is 15.7 Å². The van der Waals surface area contributed by atoms with Crippen molar-refractivity contribution in [1.29, 1.82) is 0 Å². The lowest BCUT2D eigenvalue weighted by Gasteiger charge is -2.17. The second-order valence-corrected chi connectivity index (χ2v) is 5.19. The van der Waals surface area contributed by atoms with Crippen LogP contribution in [-0.2, 0) is 13.5 Å². The molecule has 1 heterocycles. The van der Waals surface area contributed by atoms with Crippen molar-refractivity contribution in [2.75, 3.05) is 6.54 Å². The number of hydrogen-bond donors (Lipinski definition) is 1. The smallest absolute Gasteiger partial charge is 0.0845 e. The van der Waals surface area contributed by atoms with E-state index in [9.17, 15) is 0 Å². The maximum Gasteiger partial charge on any atom is 0.0845 e. The Morgan fingerprint density at radius 2 is 2.11 bits per heavy atom. The molecule has 1 unspecified atom stereocenters. The third kappa shape index (κ3) is 3.69. The number of hydrogen-bond acceptors (Lipinski definition) is 3. The molecule has 1 aromatic heterocycles. The summed E-state index contributed by atoms with van der Waals surface area (Å²) >= 11 is 12.0. The summed E-state index contributed by atoms with van der Waals surface area (Å²) in [7, 11) is 1.86. The fraction of sp³-hybridized carbons (Fsp3) is 0.385. The largest absolute Gasteiger partial charge is 0.310 e. The molecule has 0 aliphatic rings. The van der Waals surface area contributed by atoms with E-state index in [2.05, 4.69) is 22.6 Å². The van der Waals surface area contributed by atoms with E-state index in [0.717, 1.165) is 24.2 Å². The predicted octanol–water partition coefficient (Wildman–Crippen LogP) is 3.02. The van der Waals surface area contributed by atoms with E-state index < -0.39 is 0 Å². The van der Waals surface area contributed by atoms with Gasteiger partial charge in [-0.05, 0) is 24.2 Å². The number of aryl methyl sites for hydroxylation is 1. The van der Waals surface area contributed by atoms with E-state index in [1.54, 1.807) is 4.68 Å². The molecule has 0 aliphatic carbocycles. The van der Waals surface area contributed by atoms with Crippen LogP contribution in [0.2, 0.25) is 10.0 Å². The highest BCUT2D eigenvalue weighted by Gasteiger charge is 2.14. The Kier molecular flexibility index (Phi) is 4.80. The summed E-state index contributed by atoms with van der Waals surface area (Å²) < 4.78 is 1.70. The lowest BCUT2D eigenvalue weighted by molar-refractivity contribution is 0.543. The van der Waals surface area contributed by atoms with Crippen LogP contribution in [-0.4, -0.2) is 21.5 Å². The summed E-state index contributed by atoms with van der Waals surface area (Å²) in [6, 6.07) is 5.85. The molecule has 0 amide bonds. The van der Waals surface area contributed by atoms with Crippen LogP contribution in [0.25, 0.3) is 0 Å². The maximum absolute atomic E-state index is 6.07. The molecule has 102 valence electrons. The zero-order chi connectivity index (χ0) is 13.8. The highest BCUT2D eigenvalue weighted by molar-refractivity contribution is 6.42. The van der Waals surface area contributed by atoms with Crippen molar-refractivity contribution in [2.24, 2.45) is 7.05 Å². The van der Waals surface area contributed by atoms with E-state index in [4.69, 9.17) is 23.2 Å². The fourth-order valence-electron chi connectivity index (χ4n) is 1.98. The quantitative estimate of drug-likeness (QED) is 0.923. The van der Waals surface area contributed by atoms with Gasteiger partial charge in [0.15, 0.2) is 0 Å². The Balaban J connectivity index is 2.21. The zero-order valence-corrected chi connectivity index (χ0v) is 12.4. The number of halogens is 2. The highest BCUT2D eigenvalue weighted by Crippen LogP contribution is 2.26. The average molecular weight is 299 g/mol. The zero-order valence-electron chi connectivity index (χ0n) is 10.9. The minimum absolute atomic E-state index is 0.150. The summed E-state index contributed by atoms with van der Waals surface area (Å²) in [5, 5.41) is 12.6. The first kappa shape index (κ1) is 14.3. The van der Waals surface area contributed by atoms with E-state index in [-0.39, 0.29) is 6.04 Å². The summed E-state index contributed by atoms with van der Waals surface area (Å²) in [5.41, 5.74) is 2.04. The monoisotopic (exact) mass is 298 g/mol. The van der Waals surface area contributed by atoms with Gasteiger partial charge in [-0.2, -0.15) is 0 Å². The summed E-state index contributed by atoms with van der Waals surface area (Å²) in [6.45, 7) is 2.94. The molecular formula is C13H16Cl2N4. The van der Waals surface area contributed by atoms with E-state index in [1.165, 1.54) is 0 Å².